The average molecular weight is 351 g/mol. The minimum absolute atomic E-state index is 0.0942. The summed E-state index contributed by atoms with van der Waals surface area (Å²) in [6, 6.07) is 6.06. The number of likely N-dealkylation sites (tertiary alicyclic amines) is 1. The number of carbonyl (C=O) groups is 1. The first-order chi connectivity index (χ1) is 12.5. The Bertz CT molecular complexity index is 1040. The molecule has 0 radical (unpaired) electrons. The molecule has 2 N–H and O–H groups in total. The largest absolute Gasteiger partial charge is 0.342 e. The number of rotatable bonds is 2. The number of hydrogen-bond donors (Lipinski definition) is 2. The highest BCUT2D eigenvalue weighted by Crippen LogP contribution is 2.28. The third-order valence-corrected chi connectivity index (χ3v) is 4.98. The van der Waals surface area contributed by atoms with Gasteiger partial charge in [0.1, 0.15) is 17.2 Å². The van der Waals surface area contributed by atoms with Crippen molar-refractivity contribution in [2.45, 2.75) is 32.6 Å². The zero-order chi connectivity index (χ0) is 18.3. The number of carbonyl (C=O) groups excluding carboxylic acids is 1. The number of imidazole rings is 1. The third-order valence-electron chi connectivity index (χ3n) is 4.98. The van der Waals surface area contributed by atoms with Crippen LogP contribution < -0.4 is 5.56 Å². The summed E-state index contributed by atoms with van der Waals surface area (Å²) >= 11 is 0. The van der Waals surface area contributed by atoms with E-state index in [4.69, 9.17) is 4.98 Å². The fourth-order valence-electron chi connectivity index (χ4n) is 3.58. The number of para-hydroxylation sites is 1. The van der Waals surface area contributed by atoms with Crippen molar-refractivity contribution in [1.82, 2.24) is 24.8 Å². The lowest BCUT2D eigenvalue weighted by Crippen LogP contribution is -2.41. The van der Waals surface area contributed by atoms with E-state index in [0.29, 0.717) is 18.9 Å². The summed E-state index contributed by atoms with van der Waals surface area (Å²) in [6.45, 7) is 4.92. The van der Waals surface area contributed by atoms with E-state index in [1.54, 1.807) is 11.8 Å². The zero-order valence-electron chi connectivity index (χ0n) is 14.9. The van der Waals surface area contributed by atoms with Gasteiger partial charge in [0.25, 0.3) is 11.5 Å². The Morgan fingerprint density at radius 1 is 1.27 bits per heavy atom. The fourth-order valence-corrected chi connectivity index (χ4v) is 3.58. The maximum absolute atomic E-state index is 12.8. The van der Waals surface area contributed by atoms with Crippen LogP contribution in [0.4, 0.5) is 0 Å². The van der Waals surface area contributed by atoms with Gasteiger partial charge in [-0.15, -0.1) is 0 Å². The van der Waals surface area contributed by atoms with Crippen LogP contribution in [0, 0.1) is 13.8 Å². The van der Waals surface area contributed by atoms with Crippen LogP contribution in [0.1, 0.15) is 46.3 Å². The number of hydrogen-bond acceptors (Lipinski definition) is 4. The molecule has 0 saturated carbocycles. The Hall–Kier alpha value is -2.96. The van der Waals surface area contributed by atoms with E-state index < -0.39 is 0 Å². The molecule has 7 nitrogen and oxygen atoms in total. The Balaban J connectivity index is 1.59. The molecule has 0 aliphatic carbocycles. The van der Waals surface area contributed by atoms with Crippen molar-refractivity contribution in [1.29, 1.82) is 0 Å². The maximum Gasteiger partial charge on any atom is 0.263 e. The normalized spacial score (nSPS) is 17.6. The number of nitrogens with one attached hydrogen (secondary N) is 2. The standard InChI is InChI=1S/C19H21N5O2/c1-11-5-3-7-15-16(11)23-17(22-15)13-6-4-8-24(10-13)19(26)14-9-20-12(2)21-18(14)25/h3,5,7,9,13H,4,6,8,10H2,1-2H3,(H,22,23)(H,20,21,25)/t13-/m0/s1. The molecule has 1 aromatic carbocycles. The molecular formula is C19H21N5O2. The van der Waals surface area contributed by atoms with Crippen LogP contribution >= 0.6 is 0 Å². The summed E-state index contributed by atoms with van der Waals surface area (Å²) < 4.78 is 0. The van der Waals surface area contributed by atoms with E-state index in [0.717, 1.165) is 35.3 Å². The first-order valence-electron chi connectivity index (χ1n) is 8.83. The first-order valence-corrected chi connectivity index (χ1v) is 8.83. The lowest BCUT2D eigenvalue weighted by molar-refractivity contribution is 0.0702. The third kappa shape index (κ3) is 2.89. The van der Waals surface area contributed by atoms with E-state index in [-0.39, 0.29) is 22.9 Å². The zero-order valence-corrected chi connectivity index (χ0v) is 14.9. The molecule has 0 bridgehead atoms. The molecule has 1 aliphatic rings. The van der Waals surface area contributed by atoms with Gasteiger partial charge in [-0.2, -0.15) is 0 Å². The van der Waals surface area contributed by atoms with E-state index in [2.05, 4.69) is 15.0 Å². The van der Waals surface area contributed by atoms with Gasteiger partial charge >= 0.3 is 0 Å². The number of amides is 1. The number of benzene rings is 1. The van der Waals surface area contributed by atoms with Crippen LogP contribution in [-0.2, 0) is 0 Å². The summed E-state index contributed by atoms with van der Waals surface area (Å²) in [5.74, 6) is 1.27. The van der Waals surface area contributed by atoms with Crippen LogP contribution in [0.15, 0.2) is 29.2 Å². The maximum atomic E-state index is 12.8. The van der Waals surface area contributed by atoms with Crippen LogP contribution in [0.5, 0.6) is 0 Å². The van der Waals surface area contributed by atoms with Gasteiger partial charge in [-0.05, 0) is 38.3 Å². The van der Waals surface area contributed by atoms with Crippen LogP contribution in [0.25, 0.3) is 11.0 Å². The van der Waals surface area contributed by atoms with Crippen LogP contribution in [-0.4, -0.2) is 43.8 Å². The second-order valence-electron chi connectivity index (χ2n) is 6.89. The van der Waals surface area contributed by atoms with Crippen molar-refractivity contribution in [3.05, 3.63) is 57.5 Å². The molecule has 2 aromatic heterocycles. The summed E-state index contributed by atoms with van der Waals surface area (Å²) in [7, 11) is 0. The molecule has 1 aliphatic heterocycles. The monoisotopic (exact) mass is 351 g/mol. The quantitative estimate of drug-likeness (QED) is 0.740. The van der Waals surface area contributed by atoms with Gasteiger partial charge in [0, 0.05) is 25.2 Å². The summed E-state index contributed by atoms with van der Waals surface area (Å²) in [5, 5.41) is 0. The van der Waals surface area contributed by atoms with Gasteiger partial charge in [-0.25, -0.2) is 9.97 Å². The van der Waals surface area contributed by atoms with E-state index in [1.807, 2.05) is 25.1 Å². The molecule has 4 rings (SSSR count). The van der Waals surface area contributed by atoms with Crippen LogP contribution in [0.3, 0.4) is 0 Å². The second-order valence-corrected chi connectivity index (χ2v) is 6.89. The minimum Gasteiger partial charge on any atom is -0.342 e. The molecule has 7 heteroatoms. The van der Waals surface area contributed by atoms with Crippen molar-refractivity contribution in [2.75, 3.05) is 13.1 Å². The summed E-state index contributed by atoms with van der Waals surface area (Å²) in [4.78, 5) is 41.4. The summed E-state index contributed by atoms with van der Waals surface area (Å²) in [5.41, 5.74) is 2.83. The Morgan fingerprint density at radius 3 is 2.88 bits per heavy atom. The number of aromatic nitrogens is 4. The van der Waals surface area contributed by atoms with Crippen molar-refractivity contribution >= 4 is 16.9 Å². The Morgan fingerprint density at radius 2 is 2.12 bits per heavy atom. The lowest BCUT2D eigenvalue weighted by Gasteiger charge is -2.31. The SMILES string of the molecule is Cc1ncc(C(=O)N2CCC[C@H](c3nc4c(C)cccc4[nH]3)C2)c(=O)[nH]1. The molecule has 1 saturated heterocycles. The molecule has 1 fully saturated rings. The molecular weight excluding hydrogens is 330 g/mol. The predicted octanol–water partition coefficient (Wildman–Crippen LogP) is 2.28. The predicted molar refractivity (Wildman–Crippen MR) is 98.3 cm³/mol. The van der Waals surface area contributed by atoms with Gasteiger partial charge in [0.05, 0.1) is 11.0 Å². The molecule has 1 atom stereocenters. The first kappa shape index (κ1) is 16.5. The minimum atomic E-state index is -0.385. The Kier molecular flexibility index (Phi) is 4.06. The molecule has 3 aromatic rings. The highest BCUT2D eigenvalue weighted by atomic mass is 16.2. The smallest absolute Gasteiger partial charge is 0.263 e. The summed E-state index contributed by atoms with van der Waals surface area (Å²) in [6.07, 6.45) is 3.21. The van der Waals surface area contributed by atoms with Gasteiger partial charge in [0.2, 0.25) is 0 Å². The van der Waals surface area contributed by atoms with E-state index >= 15 is 0 Å². The van der Waals surface area contributed by atoms with Crippen molar-refractivity contribution < 1.29 is 4.79 Å². The topological polar surface area (TPSA) is 94.7 Å². The fraction of sp³-hybridized carbons (Fsp3) is 0.368. The van der Waals surface area contributed by atoms with Crippen molar-refractivity contribution in [2.24, 2.45) is 0 Å². The van der Waals surface area contributed by atoms with Crippen LogP contribution in [0.2, 0.25) is 0 Å². The molecule has 0 spiro atoms. The average Bonchev–Trinajstić information content (AvgIpc) is 3.07. The highest BCUT2D eigenvalue weighted by molar-refractivity contribution is 5.93. The molecule has 134 valence electrons. The second kappa shape index (κ2) is 6.40. The number of aryl methyl sites for hydroxylation is 2. The number of H-pyrrole nitrogens is 2. The molecule has 1 amide bonds. The van der Waals surface area contributed by atoms with Gasteiger partial charge < -0.3 is 14.9 Å². The number of nitrogens with zero attached hydrogens (tertiary/aromatic N) is 3. The number of aromatic amines is 2. The molecule has 0 unspecified atom stereocenters. The Labute approximate surface area is 150 Å². The van der Waals surface area contributed by atoms with Gasteiger partial charge in [-0.1, -0.05) is 12.1 Å². The van der Waals surface area contributed by atoms with E-state index in [9.17, 15) is 9.59 Å². The number of fused-ring (bicyclic) bond motifs is 1. The van der Waals surface area contributed by atoms with E-state index in [1.165, 1.54) is 6.20 Å². The molecule has 3 heterocycles. The van der Waals surface area contributed by atoms with Gasteiger partial charge in [-0.3, -0.25) is 9.59 Å². The molecule has 26 heavy (non-hydrogen) atoms. The van der Waals surface area contributed by atoms with Crippen molar-refractivity contribution in [3.63, 3.8) is 0 Å². The lowest BCUT2D eigenvalue weighted by atomic mass is 9.97. The van der Waals surface area contributed by atoms with Crippen molar-refractivity contribution in [3.8, 4) is 0 Å². The van der Waals surface area contributed by atoms with Gasteiger partial charge in [0.15, 0.2) is 0 Å². The number of piperidine rings is 1. The highest BCUT2D eigenvalue weighted by Gasteiger charge is 2.28.